The van der Waals surface area contributed by atoms with Crippen molar-refractivity contribution in [2.45, 2.75) is 6.92 Å². The van der Waals surface area contributed by atoms with Crippen LogP contribution in [0.3, 0.4) is 0 Å². The van der Waals surface area contributed by atoms with Crippen LogP contribution in [0.15, 0.2) is 24.3 Å². The van der Waals surface area contributed by atoms with E-state index >= 15 is 0 Å². The first kappa shape index (κ1) is 8.59. The number of hydrogen-bond donors (Lipinski definition) is 1. The van der Waals surface area contributed by atoms with Gasteiger partial charge in [0.15, 0.2) is 0 Å². The van der Waals surface area contributed by atoms with Crippen LogP contribution in [0.4, 0.5) is 4.79 Å². The Morgan fingerprint density at radius 2 is 2.17 bits per heavy atom. The average Bonchev–Trinajstić information content (AvgIpc) is 2.04. The van der Waals surface area contributed by atoms with Crippen LogP contribution >= 0.6 is 0 Å². The summed E-state index contributed by atoms with van der Waals surface area (Å²) in [6.07, 6.45) is 1.06. The van der Waals surface area contributed by atoms with Crippen molar-refractivity contribution in [3.8, 4) is 5.75 Å². The number of para-hydroxylation sites is 1. The molecule has 3 nitrogen and oxygen atoms in total. The molecule has 0 saturated heterocycles. The summed E-state index contributed by atoms with van der Waals surface area (Å²) in [6.45, 7) is 1.86. The molecule has 0 aromatic heterocycles. The molecule has 0 spiro atoms. The molecule has 0 saturated carbocycles. The van der Waals surface area contributed by atoms with E-state index in [2.05, 4.69) is 0 Å². The molecule has 63 valence electrons. The van der Waals surface area contributed by atoms with Crippen molar-refractivity contribution >= 4 is 6.09 Å². The fraction of sp³-hybridized carbons (Fsp3) is 0.111. The molecule has 0 unspecified atom stereocenters. The lowest BCUT2D eigenvalue weighted by atomic mass is 10.1. The van der Waals surface area contributed by atoms with Gasteiger partial charge in [0.05, 0.1) is 0 Å². The van der Waals surface area contributed by atoms with Crippen LogP contribution in [0.5, 0.6) is 5.75 Å². The minimum Gasteiger partial charge on any atom is -0.410 e. The van der Waals surface area contributed by atoms with Gasteiger partial charge >= 0.3 is 6.09 Å². The van der Waals surface area contributed by atoms with Gasteiger partial charge < -0.3 is 10.5 Å². The summed E-state index contributed by atoms with van der Waals surface area (Å²) in [4.78, 5) is 10.4. The molecule has 0 aliphatic heterocycles. The number of carbonyl (C=O) groups is 1. The van der Waals surface area contributed by atoms with E-state index in [1.54, 1.807) is 12.1 Å². The normalized spacial score (nSPS) is 9.42. The summed E-state index contributed by atoms with van der Waals surface area (Å²) >= 11 is 0. The summed E-state index contributed by atoms with van der Waals surface area (Å²) in [6, 6.07) is 7.19. The summed E-state index contributed by atoms with van der Waals surface area (Å²) in [5, 5.41) is 0. The van der Waals surface area contributed by atoms with E-state index in [4.69, 9.17) is 10.5 Å². The minimum absolute atomic E-state index is 0.493. The lowest BCUT2D eigenvalue weighted by Gasteiger charge is -2.04. The molecule has 1 amide bonds. The maximum atomic E-state index is 10.4. The van der Waals surface area contributed by atoms with E-state index in [9.17, 15) is 4.79 Å². The van der Waals surface area contributed by atoms with Gasteiger partial charge in [-0.2, -0.15) is 0 Å². The molecule has 12 heavy (non-hydrogen) atoms. The molecule has 0 aliphatic rings. The summed E-state index contributed by atoms with van der Waals surface area (Å²) in [5.41, 5.74) is 5.73. The first-order valence-electron chi connectivity index (χ1n) is 3.59. The third-order valence-electron chi connectivity index (χ3n) is 1.44. The summed E-state index contributed by atoms with van der Waals surface area (Å²) < 4.78 is 4.74. The fourth-order valence-electron chi connectivity index (χ4n) is 0.920. The van der Waals surface area contributed by atoms with Gasteiger partial charge in [-0.05, 0) is 18.1 Å². The largest absolute Gasteiger partial charge is 0.410 e. The van der Waals surface area contributed by atoms with Gasteiger partial charge in [-0.15, -0.1) is 0 Å². The quantitative estimate of drug-likeness (QED) is 0.723. The number of nitrogens with two attached hydrogens (primary N) is 1. The zero-order valence-corrected chi connectivity index (χ0v) is 6.78. The SMILES string of the molecule is C[CH]c1ccccc1OC(N)=O. The van der Waals surface area contributed by atoms with Crippen LogP contribution in [-0.2, 0) is 0 Å². The van der Waals surface area contributed by atoms with Gasteiger partial charge in [0, 0.05) is 0 Å². The van der Waals surface area contributed by atoms with Gasteiger partial charge in [0.1, 0.15) is 5.75 Å². The third-order valence-corrected chi connectivity index (χ3v) is 1.44. The number of benzene rings is 1. The zero-order valence-electron chi connectivity index (χ0n) is 6.78. The van der Waals surface area contributed by atoms with Crippen molar-refractivity contribution < 1.29 is 9.53 Å². The van der Waals surface area contributed by atoms with E-state index in [-0.39, 0.29) is 0 Å². The monoisotopic (exact) mass is 164 g/mol. The van der Waals surface area contributed by atoms with Crippen LogP contribution < -0.4 is 10.5 Å². The summed E-state index contributed by atoms with van der Waals surface area (Å²) in [5.74, 6) is 0.493. The van der Waals surface area contributed by atoms with Crippen LogP contribution in [-0.4, -0.2) is 6.09 Å². The Hall–Kier alpha value is -1.51. The molecule has 1 aromatic rings. The predicted octanol–water partition coefficient (Wildman–Crippen LogP) is 1.72. The number of ether oxygens (including phenoxy) is 1. The Morgan fingerprint density at radius 1 is 1.50 bits per heavy atom. The van der Waals surface area contributed by atoms with Crippen LogP contribution in [0.1, 0.15) is 12.5 Å². The van der Waals surface area contributed by atoms with Crippen LogP contribution in [0.25, 0.3) is 0 Å². The maximum Gasteiger partial charge on any atom is 0.409 e. The molecule has 1 rings (SSSR count). The highest BCUT2D eigenvalue weighted by atomic mass is 16.5. The van der Waals surface area contributed by atoms with Crippen molar-refractivity contribution in [1.82, 2.24) is 0 Å². The van der Waals surface area contributed by atoms with Crippen molar-refractivity contribution in [2.75, 3.05) is 0 Å². The van der Waals surface area contributed by atoms with Crippen molar-refractivity contribution in [3.05, 3.63) is 36.2 Å². The first-order valence-corrected chi connectivity index (χ1v) is 3.59. The van der Waals surface area contributed by atoms with Gasteiger partial charge in [-0.3, -0.25) is 0 Å². The maximum absolute atomic E-state index is 10.4. The van der Waals surface area contributed by atoms with Crippen molar-refractivity contribution in [1.29, 1.82) is 0 Å². The molecular weight excluding hydrogens is 154 g/mol. The minimum atomic E-state index is -0.788. The first-order chi connectivity index (χ1) is 5.74. The Bertz CT molecular complexity index is 284. The van der Waals surface area contributed by atoms with E-state index in [1.807, 2.05) is 25.5 Å². The fourth-order valence-corrected chi connectivity index (χ4v) is 0.920. The number of amides is 1. The second-order valence-electron chi connectivity index (χ2n) is 2.25. The van der Waals surface area contributed by atoms with Gasteiger partial charge in [-0.25, -0.2) is 4.79 Å². The zero-order chi connectivity index (χ0) is 8.97. The van der Waals surface area contributed by atoms with E-state index in [1.165, 1.54) is 0 Å². The lowest BCUT2D eigenvalue weighted by molar-refractivity contribution is 0.210. The Labute approximate surface area is 71.1 Å². The van der Waals surface area contributed by atoms with Gasteiger partial charge in [0.2, 0.25) is 0 Å². The van der Waals surface area contributed by atoms with Crippen molar-refractivity contribution in [2.24, 2.45) is 5.73 Å². The molecule has 0 atom stereocenters. The second kappa shape index (κ2) is 3.76. The topological polar surface area (TPSA) is 52.3 Å². The Kier molecular flexibility index (Phi) is 2.69. The second-order valence-corrected chi connectivity index (χ2v) is 2.25. The highest BCUT2D eigenvalue weighted by Crippen LogP contribution is 2.18. The molecule has 2 N–H and O–H groups in total. The average molecular weight is 164 g/mol. The highest BCUT2D eigenvalue weighted by Gasteiger charge is 2.02. The third kappa shape index (κ3) is 1.99. The number of carbonyl (C=O) groups excluding carboxylic acids is 1. The van der Waals surface area contributed by atoms with Crippen LogP contribution in [0.2, 0.25) is 0 Å². The van der Waals surface area contributed by atoms with E-state index < -0.39 is 6.09 Å². The van der Waals surface area contributed by atoms with Gasteiger partial charge in [-0.1, -0.05) is 25.1 Å². The lowest BCUT2D eigenvalue weighted by Crippen LogP contribution is -2.16. The van der Waals surface area contributed by atoms with E-state index in [0.717, 1.165) is 5.56 Å². The molecule has 1 radical (unpaired) electrons. The molecule has 3 heteroatoms. The smallest absolute Gasteiger partial charge is 0.409 e. The van der Waals surface area contributed by atoms with Crippen molar-refractivity contribution in [3.63, 3.8) is 0 Å². The van der Waals surface area contributed by atoms with Gasteiger partial charge in [0.25, 0.3) is 0 Å². The van der Waals surface area contributed by atoms with Crippen LogP contribution in [0, 0.1) is 6.42 Å². The standard InChI is InChI=1S/C9H10NO2/c1-2-7-5-3-4-6-8(7)12-9(10)11/h2-6H,1H3,(H2,10,11). The number of rotatable bonds is 2. The summed E-state index contributed by atoms with van der Waals surface area (Å²) in [7, 11) is 0. The highest BCUT2D eigenvalue weighted by molar-refractivity contribution is 5.68. The molecule has 1 aromatic carbocycles. The molecular formula is C9H10NO2. The Morgan fingerprint density at radius 3 is 2.75 bits per heavy atom. The Balaban J connectivity index is 2.89. The molecule has 0 fully saturated rings. The number of primary amides is 1. The molecule has 0 aliphatic carbocycles. The van der Waals surface area contributed by atoms with E-state index in [0.29, 0.717) is 5.75 Å². The number of hydrogen-bond acceptors (Lipinski definition) is 2. The molecule has 0 bridgehead atoms. The predicted molar refractivity (Wildman–Crippen MR) is 45.7 cm³/mol. The molecule has 0 heterocycles.